The fourth-order valence-electron chi connectivity index (χ4n) is 5.05. The number of fused-ring (bicyclic) bond motifs is 3. The number of nitrogens with zero attached hydrogens (tertiary/aromatic N) is 4. The fourth-order valence-corrected chi connectivity index (χ4v) is 5.05. The number of allylic oxidation sites excluding steroid dienone is 2. The normalized spacial score (nSPS) is 19.1. The van der Waals surface area contributed by atoms with E-state index < -0.39 is 0 Å². The Bertz CT molecular complexity index is 1460. The lowest BCUT2D eigenvalue weighted by atomic mass is 10.0. The minimum absolute atomic E-state index is 0.108. The van der Waals surface area contributed by atoms with E-state index in [0.29, 0.717) is 42.1 Å². The van der Waals surface area contributed by atoms with Gasteiger partial charge in [0.2, 0.25) is 5.88 Å². The second-order valence-corrected chi connectivity index (χ2v) is 9.05. The third-order valence-corrected chi connectivity index (χ3v) is 6.99. The molecule has 0 radical (unpaired) electrons. The number of rotatable bonds is 5. The highest BCUT2D eigenvalue weighted by molar-refractivity contribution is 6.00. The molecule has 1 unspecified atom stereocenters. The Morgan fingerprint density at radius 1 is 1.34 bits per heavy atom. The van der Waals surface area contributed by atoms with Crippen LogP contribution in [0.5, 0.6) is 0 Å². The molecule has 2 aromatic heterocycles. The summed E-state index contributed by atoms with van der Waals surface area (Å²) in [4.78, 5) is 39.6. The Morgan fingerprint density at radius 3 is 2.89 bits per heavy atom. The number of aryl methyl sites for hydroxylation is 1. The zero-order chi connectivity index (χ0) is 24.7. The number of hydrogen-bond donors (Lipinski definition) is 1. The number of imidazole rings is 1. The van der Waals surface area contributed by atoms with Crippen LogP contribution in [0.25, 0.3) is 16.6 Å². The number of nitrogens with one attached hydrogen (secondary N) is 1. The van der Waals surface area contributed by atoms with Crippen molar-refractivity contribution < 1.29 is 14.3 Å². The number of aromatic amines is 1. The van der Waals surface area contributed by atoms with Gasteiger partial charge in [-0.1, -0.05) is 0 Å². The summed E-state index contributed by atoms with van der Waals surface area (Å²) >= 11 is 0. The summed E-state index contributed by atoms with van der Waals surface area (Å²) in [5.74, 6) is 1.26. The lowest BCUT2D eigenvalue weighted by Crippen LogP contribution is -2.27. The van der Waals surface area contributed by atoms with Crippen LogP contribution in [-0.2, 0) is 9.47 Å². The third kappa shape index (κ3) is 3.95. The highest BCUT2D eigenvalue weighted by atomic mass is 16.5. The van der Waals surface area contributed by atoms with Crippen LogP contribution in [0.4, 0.5) is 0 Å². The van der Waals surface area contributed by atoms with Gasteiger partial charge in [-0.15, -0.1) is 0 Å². The summed E-state index contributed by atoms with van der Waals surface area (Å²) in [6.07, 6.45) is 6.06. The summed E-state index contributed by atoms with van der Waals surface area (Å²) in [6, 6.07) is 3.74. The Morgan fingerprint density at radius 2 is 2.17 bits per heavy atom. The average molecular weight is 476 g/mol. The SMILES string of the molecule is C=N/C(=C\C1=C(C)N(C(=O)c2cc3[nH]c(=O)c4cnc(C5CCCOC5)n4c3cc2C)CC1)OC. The topological polar surface area (TPSA) is 101 Å². The molecule has 35 heavy (non-hydrogen) atoms. The molecule has 4 heterocycles. The number of carbonyl (C=O) groups excluding carboxylic acids is 1. The van der Waals surface area contributed by atoms with Gasteiger partial charge >= 0.3 is 0 Å². The molecule has 182 valence electrons. The van der Waals surface area contributed by atoms with E-state index in [1.54, 1.807) is 17.2 Å². The summed E-state index contributed by atoms with van der Waals surface area (Å²) in [5, 5.41) is 0. The highest BCUT2D eigenvalue weighted by Gasteiger charge is 2.27. The van der Waals surface area contributed by atoms with Crippen molar-refractivity contribution in [3.63, 3.8) is 0 Å². The zero-order valence-corrected chi connectivity index (χ0v) is 20.3. The monoisotopic (exact) mass is 475 g/mol. The van der Waals surface area contributed by atoms with Crippen molar-refractivity contribution in [1.29, 1.82) is 0 Å². The lowest BCUT2D eigenvalue weighted by molar-refractivity contribution is 0.0780. The molecule has 1 aromatic carbocycles. The molecule has 0 aliphatic carbocycles. The molecule has 1 atom stereocenters. The molecule has 0 saturated carbocycles. The predicted octanol–water partition coefficient (Wildman–Crippen LogP) is 3.69. The fraction of sp³-hybridized carbons (Fsp3) is 0.385. The molecule has 1 amide bonds. The van der Waals surface area contributed by atoms with Gasteiger partial charge in [0.1, 0.15) is 11.3 Å². The molecule has 3 aromatic rings. The van der Waals surface area contributed by atoms with E-state index in [4.69, 9.17) is 9.47 Å². The van der Waals surface area contributed by atoms with Gasteiger partial charge in [0.05, 0.1) is 30.9 Å². The largest absolute Gasteiger partial charge is 0.481 e. The number of aliphatic imine (C=N–C) groups is 1. The lowest BCUT2D eigenvalue weighted by Gasteiger charge is -2.22. The Balaban J connectivity index is 1.58. The molecule has 0 bridgehead atoms. The van der Waals surface area contributed by atoms with Crippen LogP contribution in [0, 0.1) is 6.92 Å². The van der Waals surface area contributed by atoms with Gasteiger partial charge in [-0.05, 0) is 63.1 Å². The molecule has 5 rings (SSSR count). The van der Waals surface area contributed by atoms with Crippen LogP contribution >= 0.6 is 0 Å². The molecule has 1 fully saturated rings. The first-order chi connectivity index (χ1) is 16.9. The van der Waals surface area contributed by atoms with E-state index in [1.807, 2.05) is 30.4 Å². The van der Waals surface area contributed by atoms with Crippen molar-refractivity contribution in [1.82, 2.24) is 19.3 Å². The van der Waals surface area contributed by atoms with E-state index in [2.05, 4.69) is 21.7 Å². The molecular formula is C26H29N5O4. The van der Waals surface area contributed by atoms with Crippen molar-refractivity contribution in [2.45, 2.75) is 39.0 Å². The van der Waals surface area contributed by atoms with Crippen molar-refractivity contribution in [3.8, 4) is 0 Å². The minimum atomic E-state index is -0.232. The van der Waals surface area contributed by atoms with Crippen LogP contribution in [0.15, 0.2) is 51.3 Å². The van der Waals surface area contributed by atoms with Crippen LogP contribution in [0.2, 0.25) is 0 Å². The van der Waals surface area contributed by atoms with Gasteiger partial charge in [-0.3, -0.25) is 14.0 Å². The Labute approximate surface area is 202 Å². The van der Waals surface area contributed by atoms with Gasteiger partial charge in [-0.25, -0.2) is 9.98 Å². The number of amides is 1. The van der Waals surface area contributed by atoms with Crippen LogP contribution in [-0.4, -0.2) is 58.8 Å². The second-order valence-electron chi connectivity index (χ2n) is 9.05. The first kappa shape index (κ1) is 23.0. The number of H-pyrrole nitrogens is 1. The van der Waals surface area contributed by atoms with E-state index in [0.717, 1.165) is 47.6 Å². The summed E-state index contributed by atoms with van der Waals surface area (Å²) < 4.78 is 12.8. The van der Waals surface area contributed by atoms with Crippen molar-refractivity contribution in [2.24, 2.45) is 4.99 Å². The van der Waals surface area contributed by atoms with Crippen molar-refractivity contribution >= 4 is 29.2 Å². The summed E-state index contributed by atoms with van der Waals surface area (Å²) in [7, 11) is 1.54. The Kier molecular flexibility index (Phi) is 6.02. The minimum Gasteiger partial charge on any atom is -0.481 e. The van der Waals surface area contributed by atoms with Gasteiger partial charge < -0.3 is 19.4 Å². The molecule has 1 saturated heterocycles. The van der Waals surface area contributed by atoms with Crippen LogP contribution < -0.4 is 5.56 Å². The number of benzene rings is 1. The number of ether oxygens (including phenoxy) is 2. The number of methoxy groups -OCH3 is 1. The second kappa shape index (κ2) is 9.14. The number of aromatic nitrogens is 3. The van der Waals surface area contributed by atoms with E-state index >= 15 is 0 Å². The standard InChI is InChI=1S/C26H29N5O4/c1-15-10-21-20(29-25(32)22-13-28-24(31(21)22)18-6-5-9-35-14-18)12-19(15)26(33)30-8-7-17(16(30)2)11-23(27-3)34-4/h10-13,18H,3,5-9,14H2,1-2,4H3,(H,29,32)/b23-11+. The maximum Gasteiger partial charge on any atom is 0.274 e. The smallest absolute Gasteiger partial charge is 0.274 e. The van der Waals surface area contributed by atoms with Crippen molar-refractivity contribution in [3.05, 3.63) is 68.9 Å². The molecule has 1 N–H and O–H groups in total. The quantitative estimate of drug-likeness (QED) is 0.448. The molecule has 2 aliphatic heterocycles. The average Bonchev–Trinajstić information content (AvgIpc) is 3.47. The maximum atomic E-state index is 13.6. The number of hydrogen-bond acceptors (Lipinski definition) is 6. The van der Waals surface area contributed by atoms with E-state index in [-0.39, 0.29) is 17.4 Å². The molecular weight excluding hydrogens is 446 g/mol. The van der Waals surface area contributed by atoms with Crippen LogP contribution in [0.1, 0.15) is 53.8 Å². The van der Waals surface area contributed by atoms with Gasteiger partial charge in [-0.2, -0.15) is 0 Å². The molecule has 9 nitrogen and oxygen atoms in total. The third-order valence-electron chi connectivity index (χ3n) is 6.99. The number of carbonyl (C=O) groups is 1. The maximum absolute atomic E-state index is 13.6. The first-order valence-electron chi connectivity index (χ1n) is 11.8. The highest BCUT2D eigenvalue weighted by Crippen LogP contribution is 2.30. The molecule has 2 aliphatic rings. The summed E-state index contributed by atoms with van der Waals surface area (Å²) in [6.45, 7) is 9.25. The van der Waals surface area contributed by atoms with E-state index in [1.165, 1.54) is 7.11 Å². The van der Waals surface area contributed by atoms with Gasteiger partial charge in [0.25, 0.3) is 11.5 Å². The summed E-state index contributed by atoms with van der Waals surface area (Å²) in [5.41, 5.74) is 4.91. The van der Waals surface area contributed by atoms with E-state index in [9.17, 15) is 9.59 Å². The molecule has 0 spiro atoms. The first-order valence-corrected chi connectivity index (χ1v) is 11.8. The van der Waals surface area contributed by atoms with Gasteiger partial charge in [0.15, 0.2) is 0 Å². The molecule has 9 heteroatoms. The Hall–Kier alpha value is -3.72. The van der Waals surface area contributed by atoms with Crippen molar-refractivity contribution in [2.75, 3.05) is 26.9 Å². The van der Waals surface area contributed by atoms with Crippen LogP contribution in [0.3, 0.4) is 0 Å². The predicted molar refractivity (Wildman–Crippen MR) is 134 cm³/mol. The zero-order valence-electron chi connectivity index (χ0n) is 20.3. The van der Waals surface area contributed by atoms with Gasteiger partial charge in [0, 0.05) is 36.4 Å².